The second-order valence-electron chi connectivity index (χ2n) is 10.4. The first-order valence-electron chi connectivity index (χ1n) is 12.6. The Labute approximate surface area is 239 Å². The van der Waals surface area contributed by atoms with E-state index in [0.29, 0.717) is 39.2 Å². The van der Waals surface area contributed by atoms with Gasteiger partial charge in [-0.25, -0.2) is 4.68 Å². The van der Waals surface area contributed by atoms with Gasteiger partial charge < -0.3 is 15.4 Å². The Morgan fingerprint density at radius 1 is 1.05 bits per heavy atom. The van der Waals surface area contributed by atoms with Crippen LogP contribution in [-0.2, 0) is 9.59 Å². The number of rotatable bonds is 9. The summed E-state index contributed by atoms with van der Waals surface area (Å²) in [6.07, 6.45) is 0.298. The minimum atomic E-state index is -0.926. The molecule has 1 heterocycles. The summed E-state index contributed by atoms with van der Waals surface area (Å²) < 4.78 is 6.89. The maximum atomic E-state index is 13.7. The van der Waals surface area contributed by atoms with Gasteiger partial charge in [-0.3, -0.25) is 14.4 Å². The van der Waals surface area contributed by atoms with Crippen LogP contribution >= 0.6 is 23.2 Å². The van der Waals surface area contributed by atoms with Crippen molar-refractivity contribution in [3.05, 3.63) is 63.8 Å². The molecule has 2 aromatic carbocycles. The van der Waals surface area contributed by atoms with Crippen molar-refractivity contribution >= 4 is 40.8 Å². The number of ether oxygens (including phenoxy) is 1. The fourth-order valence-corrected chi connectivity index (χ4v) is 4.67. The number of amides is 2. The highest BCUT2D eigenvalue weighted by molar-refractivity contribution is 6.35. The fourth-order valence-electron chi connectivity index (χ4n) is 4.18. The molecule has 0 spiro atoms. The minimum Gasteiger partial charge on any atom is -0.497 e. The van der Waals surface area contributed by atoms with Crippen LogP contribution in [-0.4, -0.2) is 46.6 Å². The molecule has 0 saturated carbocycles. The molecule has 0 bridgehead atoms. The van der Waals surface area contributed by atoms with Crippen molar-refractivity contribution in [2.75, 3.05) is 7.11 Å². The summed E-state index contributed by atoms with van der Waals surface area (Å²) in [6, 6.07) is 10.8. The summed E-state index contributed by atoms with van der Waals surface area (Å²) in [4.78, 5) is 38.9. The number of hydrogen-bond acceptors (Lipinski definition) is 5. The Balaban J connectivity index is 2.08. The highest BCUT2D eigenvalue weighted by Gasteiger charge is 2.35. The van der Waals surface area contributed by atoms with E-state index >= 15 is 0 Å². The van der Waals surface area contributed by atoms with Crippen LogP contribution in [0.3, 0.4) is 0 Å². The van der Waals surface area contributed by atoms with Crippen molar-refractivity contribution in [2.45, 2.75) is 60.0 Å². The van der Waals surface area contributed by atoms with Crippen molar-refractivity contribution in [3.63, 3.8) is 0 Å². The fraction of sp³-hybridized carbons (Fsp3) is 0.379. The van der Waals surface area contributed by atoms with Gasteiger partial charge in [0, 0.05) is 22.6 Å². The van der Waals surface area contributed by atoms with Crippen LogP contribution in [0.15, 0.2) is 42.5 Å². The molecule has 0 aliphatic carbocycles. The minimum absolute atomic E-state index is 0.0964. The van der Waals surface area contributed by atoms with Crippen LogP contribution in [0.2, 0.25) is 10.0 Å². The van der Waals surface area contributed by atoms with Gasteiger partial charge in [0.1, 0.15) is 11.8 Å². The predicted molar refractivity (Wildman–Crippen MR) is 154 cm³/mol. The lowest BCUT2D eigenvalue weighted by molar-refractivity contribution is -0.130. The number of benzene rings is 2. The lowest BCUT2D eigenvalue weighted by atomic mass is 9.85. The summed E-state index contributed by atoms with van der Waals surface area (Å²) >= 11 is 12.7. The second kappa shape index (κ2) is 12.2. The van der Waals surface area contributed by atoms with Crippen molar-refractivity contribution in [1.29, 1.82) is 0 Å². The number of nitrogens with zero attached hydrogens (tertiary/aromatic N) is 2. The van der Waals surface area contributed by atoms with E-state index in [-0.39, 0.29) is 11.5 Å². The lowest BCUT2D eigenvalue weighted by Gasteiger charge is -2.31. The number of halogens is 2. The molecule has 2 amide bonds. The molecule has 208 valence electrons. The molecule has 8 nitrogen and oxygen atoms in total. The number of carbonyl (C=O) groups excluding carboxylic acids is 3. The SMILES string of the molecule is CCC(=O)C(C)NC(=O)C(NC(=O)c1nn(-c2ccc(Cl)cc2Cl)c(-c2ccc(OC)cc2)c1C)C(C)(C)C. The lowest BCUT2D eigenvalue weighted by Crippen LogP contribution is -2.56. The molecule has 39 heavy (non-hydrogen) atoms. The Morgan fingerprint density at radius 2 is 1.69 bits per heavy atom. The molecule has 1 aromatic heterocycles. The third-order valence-corrected chi connectivity index (χ3v) is 6.97. The zero-order chi connectivity index (χ0) is 29.1. The molecule has 2 unspecified atom stereocenters. The van der Waals surface area contributed by atoms with E-state index in [2.05, 4.69) is 15.7 Å². The average Bonchev–Trinajstić information content (AvgIpc) is 3.22. The number of hydrogen-bond donors (Lipinski definition) is 2. The van der Waals surface area contributed by atoms with Crippen LogP contribution in [0.4, 0.5) is 0 Å². The highest BCUT2D eigenvalue weighted by atomic mass is 35.5. The number of Topliss-reactive ketones (excluding diaryl/α,β-unsaturated/α-hetero) is 1. The van der Waals surface area contributed by atoms with Crippen molar-refractivity contribution in [3.8, 4) is 22.7 Å². The third-order valence-electron chi connectivity index (χ3n) is 6.43. The van der Waals surface area contributed by atoms with Crippen LogP contribution in [0.1, 0.15) is 57.1 Å². The number of nitrogens with one attached hydrogen (secondary N) is 2. The number of ketones is 1. The van der Waals surface area contributed by atoms with Gasteiger partial charge in [0.05, 0.1) is 29.6 Å². The van der Waals surface area contributed by atoms with E-state index in [0.717, 1.165) is 5.56 Å². The molecule has 0 radical (unpaired) electrons. The Hall–Kier alpha value is -3.36. The van der Waals surface area contributed by atoms with Gasteiger partial charge in [-0.05, 0) is 61.7 Å². The quantitative estimate of drug-likeness (QED) is 0.337. The third kappa shape index (κ3) is 6.81. The molecule has 10 heteroatoms. The maximum Gasteiger partial charge on any atom is 0.272 e. The van der Waals surface area contributed by atoms with Gasteiger partial charge in [-0.15, -0.1) is 0 Å². The van der Waals surface area contributed by atoms with E-state index in [1.807, 2.05) is 45.0 Å². The zero-order valence-corrected chi connectivity index (χ0v) is 24.7. The summed E-state index contributed by atoms with van der Waals surface area (Å²) in [6.45, 7) is 10.7. The van der Waals surface area contributed by atoms with Crippen LogP contribution in [0.25, 0.3) is 16.9 Å². The number of methoxy groups -OCH3 is 1. The monoisotopic (exact) mass is 572 g/mol. The molecule has 0 aliphatic heterocycles. The smallest absolute Gasteiger partial charge is 0.272 e. The van der Waals surface area contributed by atoms with Gasteiger partial charge in [-0.1, -0.05) is 50.9 Å². The molecular formula is C29H34Cl2N4O4. The molecule has 0 fully saturated rings. The van der Waals surface area contributed by atoms with E-state index in [9.17, 15) is 14.4 Å². The van der Waals surface area contributed by atoms with Gasteiger partial charge in [-0.2, -0.15) is 5.10 Å². The molecule has 0 saturated heterocycles. The number of carbonyl (C=O) groups is 3. The molecule has 3 aromatic rings. The van der Waals surface area contributed by atoms with E-state index in [1.165, 1.54) is 0 Å². The topological polar surface area (TPSA) is 102 Å². The molecular weight excluding hydrogens is 539 g/mol. The summed E-state index contributed by atoms with van der Waals surface area (Å²) in [7, 11) is 1.58. The highest BCUT2D eigenvalue weighted by Crippen LogP contribution is 2.33. The van der Waals surface area contributed by atoms with Crippen LogP contribution < -0.4 is 15.4 Å². The predicted octanol–water partition coefficient (Wildman–Crippen LogP) is 5.79. The maximum absolute atomic E-state index is 13.7. The first-order valence-corrected chi connectivity index (χ1v) is 13.4. The van der Waals surface area contributed by atoms with Crippen LogP contribution in [0, 0.1) is 12.3 Å². The van der Waals surface area contributed by atoms with Gasteiger partial charge in [0.25, 0.3) is 5.91 Å². The normalized spacial score (nSPS) is 12.9. The molecule has 3 rings (SSSR count). The standard InChI is InChI=1S/C29H34Cl2N4O4/c1-8-23(36)17(3)32-28(38)26(29(4,5)6)33-27(37)24-16(2)25(18-9-12-20(39-7)13-10-18)35(34-24)22-14-11-19(30)15-21(22)31/h9-15,17,26H,8H2,1-7H3,(H,32,38)(H,33,37). The molecule has 2 atom stereocenters. The average molecular weight is 574 g/mol. The first-order chi connectivity index (χ1) is 18.3. The van der Waals surface area contributed by atoms with E-state index in [4.69, 9.17) is 27.9 Å². The molecule has 2 N–H and O–H groups in total. The van der Waals surface area contributed by atoms with Gasteiger partial charge in [0.15, 0.2) is 11.5 Å². The summed E-state index contributed by atoms with van der Waals surface area (Å²) in [5.41, 5.74) is 2.03. The zero-order valence-electron chi connectivity index (χ0n) is 23.2. The first kappa shape index (κ1) is 30.2. The van der Waals surface area contributed by atoms with E-state index in [1.54, 1.807) is 50.8 Å². The Bertz CT molecular complexity index is 1380. The van der Waals surface area contributed by atoms with E-state index < -0.39 is 29.3 Å². The molecule has 0 aliphatic rings. The van der Waals surface area contributed by atoms with Crippen molar-refractivity contribution in [1.82, 2.24) is 20.4 Å². The second-order valence-corrected chi connectivity index (χ2v) is 11.2. The van der Waals surface area contributed by atoms with Crippen LogP contribution in [0.5, 0.6) is 5.75 Å². The van der Waals surface area contributed by atoms with Crippen molar-refractivity contribution in [2.24, 2.45) is 5.41 Å². The summed E-state index contributed by atoms with van der Waals surface area (Å²) in [5, 5.41) is 11.0. The van der Waals surface area contributed by atoms with Crippen molar-refractivity contribution < 1.29 is 19.1 Å². The van der Waals surface area contributed by atoms with Gasteiger partial charge in [0.2, 0.25) is 5.91 Å². The Kier molecular flexibility index (Phi) is 9.46. The largest absolute Gasteiger partial charge is 0.497 e. The summed E-state index contributed by atoms with van der Waals surface area (Å²) in [5.74, 6) is -0.394. The Morgan fingerprint density at radius 3 is 2.23 bits per heavy atom. The van der Waals surface area contributed by atoms with Gasteiger partial charge >= 0.3 is 0 Å². The number of aromatic nitrogens is 2.